The van der Waals surface area contributed by atoms with E-state index < -0.39 is 7.12 Å². The molecule has 0 spiro atoms. The summed E-state index contributed by atoms with van der Waals surface area (Å²) in [7, 11) is -1.36. The Morgan fingerprint density at radius 1 is 1.10 bits per heavy atom. The van der Waals surface area contributed by atoms with Crippen LogP contribution in [0.25, 0.3) is 0 Å². The number of hydrogen-bond acceptors (Lipinski definition) is 2. The van der Waals surface area contributed by atoms with Gasteiger partial charge in [-0.1, -0.05) is 30.3 Å². The molecule has 0 unspecified atom stereocenters. The first-order valence-corrected chi connectivity index (χ1v) is 3.05. The van der Waals surface area contributed by atoms with Gasteiger partial charge in [0.25, 0.3) is 0 Å². The van der Waals surface area contributed by atoms with E-state index in [1.165, 1.54) is 6.32 Å². The number of benzene rings is 1. The van der Waals surface area contributed by atoms with Gasteiger partial charge in [-0.05, 0) is 5.56 Å². The van der Waals surface area contributed by atoms with Crippen molar-refractivity contribution in [1.82, 2.24) is 0 Å². The van der Waals surface area contributed by atoms with Gasteiger partial charge in [0.05, 0.1) is 0 Å². The molecule has 1 aromatic carbocycles. The van der Waals surface area contributed by atoms with E-state index >= 15 is 0 Å². The fourth-order valence-electron chi connectivity index (χ4n) is 0.736. The molecule has 0 amide bonds. The summed E-state index contributed by atoms with van der Waals surface area (Å²) in [5, 5.41) is 17.0. The van der Waals surface area contributed by atoms with Gasteiger partial charge in [0.15, 0.2) is 0 Å². The fraction of sp³-hybridized carbons (Fsp3) is 0. The topological polar surface area (TPSA) is 40.5 Å². The molecule has 0 fully saturated rings. The van der Waals surface area contributed by atoms with Gasteiger partial charge in [-0.2, -0.15) is 0 Å². The van der Waals surface area contributed by atoms with E-state index in [-0.39, 0.29) is 0 Å². The molecule has 0 aliphatic rings. The molecule has 51 valence electrons. The summed E-state index contributed by atoms with van der Waals surface area (Å²) in [6, 6.07) is 9.17. The van der Waals surface area contributed by atoms with Crippen LogP contribution in [-0.4, -0.2) is 17.2 Å². The second-order valence-corrected chi connectivity index (χ2v) is 1.99. The third-order valence-electron chi connectivity index (χ3n) is 1.14. The van der Waals surface area contributed by atoms with Crippen LogP contribution < -0.4 is 0 Å². The molecule has 1 rings (SSSR count). The minimum atomic E-state index is -1.36. The van der Waals surface area contributed by atoms with Crippen molar-refractivity contribution in [1.29, 1.82) is 0 Å². The van der Waals surface area contributed by atoms with Crippen molar-refractivity contribution >= 4 is 7.12 Å². The van der Waals surface area contributed by atoms with Crippen molar-refractivity contribution in [3.63, 3.8) is 0 Å². The smallest absolute Gasteiger partial charge is 0.427 e. The molecule has 1 radical (unpaired) electrons. The van der Waals surface area contributed by atoms with E-state index in [0.717, 1.165) is 5.56 Å². The van der Waals surface area contributed by atoms with Crippen LogP contribution in [0.3, 0.4) is 0 Å². The van der Waals surface area contributed by atoms with Crippen molar-refractivity contribution in [3.8, 4) is 0 Å². The van der Waals surface area contributed by atoms with Crippen LogP contribution in [0.2, 0.25) is 0 Å². The molecule has 2 nitrogen and oxygen atoms in total. The van der Waals surface area contributed by atoms with Gasteiger partial charge in [0.1, 0.15) is 0 Å². The normalized spacial score (nSPS) is 9.40. The van der Waals surface area contributed by atoms with Crippen LogP contribution in [0.4, 0.5) is 0 Å². The Bertz CT molecular complexity index is 186. The van der Waals surface area contributed by atoms with Gasteiger partial charge < -0.3 is 10.0 Å². The quantitative estimate of drug-likeness (QED) is 0.570. The lowest BCUT2D eigenvalue weighted by Crippen LogP contribution is -2.12. The van der Waals surface area contributed by atoms with Crippen LogP contribution in [0.15, 0.2) is 30.3 Å². The van der Waals surface area contributed by atoms with Gasteiger partial charge in [0, 0.05) is 6.32 Å². The average Bonchev–Trinajstić information content (AvgIpc) is 1.88. The maximum Gasteiger partial charge on any atom is 0.459 e. The largest absolute Gasteiger partial charge is 0.459 e. The van der Waals surface area contributed by atoms with E-state index in [1.807, 2.05) is 18.2 Å². The Morgan fingerprint density at radius 3 is 2.20 bits per heavy atom. The number of rotatable bonds is 2. The lowest BCUT2D eigenvalue weighted by atomic mass is 9.82. The third kappa shape index (κ3) is 2.21. The zero-order valence-corrected chi connectivity index (χ0v) is 5.44. The van der Waals surface area contributed by atoms with E-state index in [4.69, 9.17) is 10.0 Å². The van der Waals surface area contributed by atoms with E-state index in [1.54, 1.807) is 12.1 Å². The van der Waals surface area contributed by atoms with E-state index in [0.29, 0.717) is 0 Å². The second-order valence-electron chi connectivity index (χ2n) is 1.99. The van der Waals surface area contributed by atoms with Crippen molar-refractivity contribution in [2.75, 3.05) is 0 Å². The molecular weight excluding hydrogens is 127 g/mol. The summed E-state index contributed by atoms with van der Waals surface area (Å²) in [6.07, 6.45) is 1.36. The SMILES string of the molecule is OB(O)[CH]c1ccccc1. The van der Waals surface area contributed by atoms with Crippen LogP contribution in [0.5, 0.6) is 0 Å². The summed E-state index contributed by atoms with van der Waals surface area (Å²) in [6.45, 7) is 0. The van der Waals surface area contributed by atoms with Gasteiger partial charge in [-0.3, -0.25) is 0 Å². The zero-order chi connectivity index (χ0) is 7.40. The molecular formula is C7H8BO2. The maximum absolute atomic E-state index is 8.51. The summed E-state index contributed by atoms with van der Waals surface area (Å²) < 4.78 is 0. The Labute approximate surface area is 60.3 Å². The molecule has 0 heterocycles. The Kier molecular flexibility index (Phi) is 2.48. The highest BCUT2D eigenvalue weighted by Crippen LogP contribution is 2.01. The Hall–Kier alpha value is -0.795. The first kappa shape index (κ1) is 7.31. The van der Waals surface area contributed by atoms with Gasteiger partial charge in [-0.25, -0.2) is 0 Å². The molecule has 1 aromatic rings. The molecule has 3 heteroatoms. The van der Waals surface area contributed by atoms with Crippen LogP contribution in [0, 0.1) is 6.32 Å². The van der Waals surface area contributed by atoms with Gasteiger partial charge in [0.2, 0.25) is 0 Å². The van der Waals surface area contributed by atoms with Crippen molar-refractivity contribution in [2.45, 2.75) is 0 Å². The second kappa shape index (κ2) is 3.39. The molecule has 0 aromatic heterocycles. The van der Waals surface area contributed by atoms with Crippen molar-refractivity contribution in [3.05, 3.63) is 42.2 Å². The first-order chi connectivity index (χ1) is 4.79. The predicted octanol–water partition coefficient (Wildman–Crippen LogP) is 0.251. The Balaban J connectivity index is 2.59. The molecule has 0 bridgehead atoms. The number of hydrogen-bond donors (Lipinski definition) is 2. The predicted molar refractivity (Wildman–Crippen MR) is 40.0 cm³/mol. The molecule has 0 saturated heterocycles. The lowest BCUT2D eigenvalue weighted by Gasteiger charge is -1.96. The molecule has 0 saturated carbocycles. The van der Waals surface area contributed by atoms with Crippen LogP contribution in [-0.2, 0) is 0 Å². The molecule has 10 heavy (non-hydrogen) atoms. The highest BCUT2D eigenvalue weighted by Gasteiger charge is 2.06. The van der Waals surface area contributed by atoms with Crippen LogP contribution >= 0.6 is 0 Å². The first-order valence-electron chi connectivity index (χ1n) is 3.05. The van der Waals surface area contributed by atoms with Gasteiger partial charge >= 0.3 is 7.12 Å². The van der Waals surface area contributed by atoms with Crippen molar-refractivity contribution < 1.29 is 10.0 Å². The highest BCUT2D eigenvalue weighted by atomic mass is 16.4. The summed E-state index contributed by atoms with van der Waals surface area (Å²) in [5.41, 5.74) is 0.817. The molecule has 0 atom stereocenters. The minimum absolute atomic E-state index is 0.817. The fourth-order valence-corrected chi connectivity index (χ4v) is 0.736. The van der Waals surface area contributed by atoms with Crippen molar-refractivity contribution in [2.24, 2.45) is 0 Å². The lowest BCUT2D eigenvalue weighted by molar-refractivity contribution is 0.419. The molecule has 0 aliphatic heterocycles. The highest BCUT2D eigenvalue weighted by molar-refractivity contribution is 6.46. The summed E-state index contributed by atoms with van der Waals surface area (Å²) in [4.78, 5) is 0. The Morgan fingerprint density at radius 2 is 1.70 bits per heavy atom. The standard InChI is InChI=1S/C7H8BO2/c9-8(10)6-7-4-2-1-3-5-7/h1-6,9-10H. The third-order valence-corrected chi connectivity index (χ3v) is 1.14. The van der Waals surface area contributed by atoms with Crippen LogP contribution in [0.1, 0.15) is 5.56 Å². The molecule has 0 aliphatic carbocycles. The zero-order valence-electron chi connectivity index (χ0n) is 5.44. The summed E-state index contributed by atoms with van der Waals surface area (Å²) in [5.74, 6) is 0. The molecule has 2 N–H and O–H groups in total. The van der Waals surface area contributed by atoms with E-state index in [2.05, 4.69) is 0 Å². The monoisotopic (exact) mass is 135 g/mol. The maximum atomic E-state index is 8.51. The van der Waals surface area contributed by atoms with E-state index in [9.17, 15) is 0 Å². The minimum Gasteiger partial charge on any atom is -0.427 e. The summed E-state index contributed by atoms with van der Waals surface area (Å²) >= 11 is 0. The average molecular weight is 135 g/mol. The van der Waals surface area contributed by atoms with Gasteiger partial charge in [-0.15, -0.1) is 0 Å².